The Bertz CT molecular complexity index is 467. The van der Waals surface area contributed by atoms with Crippen molar-refractivity contribution < 1.29 is 0 Å². The van der Waals surface area contributed by atoms with Crippen molar-refractivity contribution in [1.82, 2.24) is 9.97 Å². The van der Waals surface area contributed by atoms with Crippen LogP contribution in [0.25, 0.3) is 10.2 Å². The van der Waals surface area contributed by atoms with Gasteiger partial charge in [-0.05, 0) is 30.7 Å². The Morgan fingerprint density at radius 3 is 2.30 bits per heavy atom. The second-order valence-corrected chi connectivity index (χ2v) is 4.78. The van der Waals surface area contributed by atoms with E-state index in [0.29, 0.717) is 0 Å². The predicted molar refractivity (Wildman–Crippen MR) is 91.9 cm³/mol. The molecule has 0 aromatic carbocycles. The van der Waals surface area contributed by atoms with Gasteiger partial charge in [-0.1, -0.05) is 27.7 Å². The molecule has 1 aliphatic rings. The fraction of sp³-hybridized carbons (Fsp3) is 0.600. The van der Waals surface area contributed by atoms with Gasteiger partial charge in [-0.25, -0.2) is 9.97 Å². The number of nitrogens with zero attached hydrogens (tertiary/aromatic N) is 3. The lowest BCUT2D eigenvalue weighted by Crippen LogP contribution is -2.30. The van der Waals surface area contributed by atoms with E-state index in [1.54, 1.807) is 17.7 Å². The molecule has 109 valence electrons. The molecule has 1 aliphatic heterocycles. The summed E-state index contributed by atoms with van der Waals surface area (Å²) in [6.07, 6.45) is 5.61. The molecule has 0 atom stereocenters. The largest absolute Gasteiger partial charge is 0.356 e. The normalized spacial score (nSPS) is 13.5. The molecule has 3 nitrogen and oxygen atoms in total. The highest BCUT2D eigenvalue weighted by Gasteiger charge is 2.15. The SMILES string of the molecule is CC.CC.[B].c1nc(N2CCCCC2)c2ccsc2n1. The smallest absolute Gasteiger partial charge is 0.140 e. The van der Waals surface area contributed by atoms with Crippen LogP contribution in [0.3, 0.4) is 0 Å². The van der Waals surface area contributed by atoms with E-state index in [9.17, 15) is 0 Å². The van der Waals surface area contributed by atoms with Crippen LogP contribution in [0.15, 0.2) is 17.8 Å². The van der Waals surface area contributed by atoms with Gasteiger partial charge < -0.3 is 4.90 Å². The summed E-state index contributed by atoms with van der Waals surface area (Å²) in [5.74, 6) is 1.13. The summed E-state index contributed by atoms with van der Waals surface area (Å²) in [6, 6.07) is 2.13. The summed E-state index contributed by atoms with van der Waals surface area (Å²) in [7, 11) is 0. The number of rotatable bonds is 1. The molecule has 0 N–H and O–H groups in total. The molecule has 3 rings (SSSR count). The molecule has 2 aromatic rings. The zero-order valence-electron chi connectivity index (χ0n) is 13.1. The van der Waals surface area contributed by atoms with Gasteiger partial charge in [0.05, 0.1) is 5.39 Å². The zero-order valence-corrected chi connectivity index (χ0v) is 13.9. The van der Waals surface area contributed by atoms with Gasteiger partial charge in [0.15, 0.2) is 0 Å². The van der Waals surface area contributed by atoms with Crippen LogP contribution in [0, 0.1) is 0 Å². The van der Waals surface area contributed by atoms with Crippen LogP contribution in [0.5, 0.6) is 0 Å². The molecule has 1 saturated heterocycles. The maximum atomic E-state index is 4.42. The summed E-state index contributed by atoms with van der Waals surface area (Å²) in [4.78, 5) is 12.2. The maximum Gasteiger partial charge on any atom is 0.140 e. The Balaban J connectivity index is 0.000000667. The van der Waals surface area contributed by atoms with Crippen LogP contribution in [-0.4, -0.2) is 31.5 Å². The van der Waals surface area contributed by atoms with Gasteiger partial charge in [-0.2, -0.15) is 0 Å². The number of fused-ring (bicyclic) bond motifs is 1. The van der Waals surface area contributed by atoms with Gasteiger partial charge in [0.1, 0.15) is 17.0 Å². The summed E-state index contributed by atoms with van der Waals surface area (Å²) in [6.45, 7) is 10.3. The Labute approximate surface area is 129 Å². The van der Waals surface area contributed by atoms with E-state index in [2.05, 4.69) is 26.3 Å². The van der Waals surface area contributed by atoms with Gasteiger partial charge in [0, 0.05) is 21.5 Å². The first-order chi connectivity index (χ1) is 9.45. The van der Waals surface area contributed by atoms with Crippen molar-refractivity contribution in [2.45, 2.75) is 47.0 Å². The molecule has 0 spiro atoms. The van der Waals surface area contributed by atoms with Crippen molar-refractivity contribution in [3.63, 3.8) is 0 Å². The second-order valence-electron chi connectivity index (χ2n) is 3.88. The first-order valence-electron chi connectivity index (χ1n) is 7.38. The summed E-state index contributed by atoms with van der Waals surface area (Å²) < 4.78 is 0. The third-order valence-corrected chi connectivity index (χ3v) is 3.72. The summed E-state index contributed by atoms with van der Waals surface area (Å²) in [5.41, 5.74) is 0. The molecule has 3 radical (unpaired) electrons. The first kappa shape index (κ1) is 18.9. The van der Waals surface area contributed by atoms with E-state index in [1.165, 1.54) is 24.6 Å². The number of thiophene rings is 1. The van der Waals surface area contributed by atoms with Crippen LogP contribution < -0.4 is 4.90 Å². The minimum Gasteiger partial charge on any atom is -0.356 e. The predicted octanol–water partition coefficient (Wildman–Crippen LogP) is 4.35. The van der Waals surface area contributed by atoms with E-state index in [-0.39, 0.29) is 8.41 Å². The monoisotopic (exact) mass is 290 g/mol. The van der Waals surface area contributed by atoms with E-state index in [0.717, 1.165) is 23.7 Å². The molecule has 20 heavy (non-hydrogen) atoms. The number of hydrogen-bond acceptors (Lipinski definition) is 4. The molecular formula is C15H25BN3S. The van der Waals surface area contributed by atoms with E-state index in [1.807, 2.05) is 27.7 Å². The van der Waals surface area contributed by atoms with Crippen LogP contribution in [0.2, 0.25) is 0 Å². The molecule has 2 aromatic heterocycles. The third-order valence-electron chi connectivity index (χ3n) is 2.90. The summed E-state index contributed by atoms with van der Waals surface area (Å²) >= 11 is 1.69. The molecule has 0 bridgehead atoms. The molecule has 5 heteroatoms. The average Bonchev–Trinajstić information content (AvgIpc) is 3.00. The third kappa shape index (κ3) is 4.48. The molecule has 3 heterocycles. The molecule has 0 saturated carbocycles. The highest BCUT2D eigenvalue weighted by molar-refractivity contribution is 7.16. The average molecular weight is 290 g/mol. The van der Waals surface area contributed by atoms with Crippen molar-refractivity contribution in [1.29, 1.82) is 0 Å². The number of anilines is 1. The van der Waals surface area contributed by atoms with Crippen molar-refractivity contribution in [2.24, 2.45) is 0 Å². The Kier molecular flexibility index (Phi) is 10.1. The first-order valence-corrected chi connectivity index (χ1v) is 8.26. The van der Waals surface area contributed by atoms with Gasteiger partial charge in [0.25, 0.3) is 0 Å². The van der Waals surface area contributed by atoms with Crippen LogP contribution in [0.4, 0.5) is 5.82 Å². The lowest BCUT2D eigenvalue weighted by Gasteiger charge is -2.27. The molecule has 0 unspecified atom stereocenters. The minimum absolute atomic E-state index is 0. The van der Waals surface area contributed by atoms with E-state index in [4.69, 9.17) is 0 Å². The molecule has 0 amide bonds. The van der Waals surface area contributed by atoms with Crippen molar-refractivity contribution >= 4 is 35.8 Å². The van der Waals surface area contributed by atoms with Crippen LogP contribution in [0.1, 0.15) is 47.0 Å². The Hall–Kier alpha value is -1.10. The van der Waals surface area contributed by atoms with Gasteiger partial charge in [-0.15, -0.1) is 11.3 Å². The highest BCUT2D eigenvalue weighted by atomic mass is 32.1. The second kappa shape index (κ2) is 10.7. The fourth-order valence-corrected chi connectivity index (χ4v) is 2.86. The van der Waals surface area contributed by atoms with Crippen LogP contribution >= 0.6 is 11.3 Å². The summed E-state index contributed by atoms with van der Waals surface area (Å²) in [5, 5.41) is 3.30. The Morgan fingerprint density at radius 2 is 1.65 bits per heavy atom. The fourth-order valence-electron chi connectivity index (χ4n) is 2.13. The Morgan fingerprint density at radius 1 is 1.00 bits per heavy atom. The zero-order chi connectivity index (χ0) is 14.1. The molecule has 1 fully saturated rings. The highest BCUT2D eigenvalue weighted by Crippen LogP contribution is 2.28. The quantitative estimate of drug-likeness (QED) is 0.731. The van der Waals surface area contributed by atoms with Gasteiger partial charge in [0.2, 0.25) is 0 Å². The van der Waals surface area contributed by atoms with E-state index < -0.39 is 0 Å². The number of piperidine rings is 1. The van der Waals surface area contributed by atoms with E-state index >= 15 is 0 Å². The topological polar surface area (TPSA) is 29.0 Å². The van der Waals surface area contributed by atoms with Crippen molar-refractivity contribution in [3.05, 3.63) is 17.8 Å². The van der Waals surface area contributed by atoms with Crippen molar-refractivity contribution in [2.75, 3.05) is 18.0 Å². The standard InChI is InChI=1S/C11H13N3S.2C2H6.B/c1-2-5-14(6-3-1)10-9-4-7-15-11(9)13-8-12-10;2*1-2;/h4,7-8H,1-3,5-6H2;2*1-2H3;. The van der Waals surface area contributed by atoms with Crippen LogP contribution in [-0.2, 0) is 0 Å². The minimum atomic E-state index is 0. The lowest BCUT2D eigenvalue weighted by atomic mass is 10.1. The van der Waals surface area contributed by atoms with Gasteiger partial charge >= 0.3 is 0 Å². The number of aromatic nitrogens is 2. The van der Waals surface area contributed by atoms with Gasteiger partial charge in [-0.3, -0.25) is 0 Å². The van der Waals surface area contributed by atoms with Crippen molar-refractivity contribution in [3.8, 4) is 0 Å². The lowest BCUT2D eigenvalue weighted by molar-refractivity contribution is 0.574. The molecular weight excluding hydrogens is 265 g/mol. The maximum absolute atomic E-state index is 4.42. The molecule has 0 aliphatic carbocycles. The number of hydrogen-bond donors (Lipinski definition) is 0.